The Morgan fingerprint density at radius 2 is 1.87 bits per heavy atom. The zero-order chi connectivity index (χ0) is 16.2. The third kappa shape index (κ3) is 2.63. The Morgan fingerprint density at radius 1 is 1.09 bits per heavy atom. The van der Waals surface area contributed by atoms with E-state index in [2.05, 4.69) is 45.0 Å². The van der Waals surface area contributed by atoms with Crippen LogP contribution in [0.5, 0.6) is 5.75 Å². The van der Waals surface area contributed by atoms with Crippen molar-refractivity contribution < 1.29 is 10.0 Å². The molecule has 1 aliphatic carbocycles. The van der Waals surface area contributed by atoms with Crippen LogP contribution in [0.1, 0.15) is 45.6 Å². The molecule has 0 spiro atoms. The van der Waals surface area contributed by atoms with E-state index in [0.717, 1.165) is 18.2 Å². The molecule has 0 radical (unpaired) electrons. The predicted molar refractivity (Wildman–Crippen MR) is 94.7 cm³/mol. The number of aromatic hydroxyl groups is 1. The molecule has 122 valence electrons. The molecule has 2 aliphatic rings. The van der Waals surface area contributed by atoms with E-state index in [4.69, 9.17) is 0 Å². The van der Waals surface area contributed by atoms with Gasteiger partial charge in [0.05, 0.1) is 18.2 Å². The number of nitrogens with one attached hydrogen (secondary N) is 1. The largest absolute Gasteiger partial charge is 0.507 e. The van der Waals surface area contributed by atoms with Crippen molar-refractivity contribution in [2.24, 2.45) is 10.8 Å². The molecular formula is C21H28NO+. The fourth-order valence-electron chi connectivity index (χ4n) is 5.69. The van der Waals surface area contributed by atoms with Crippen LogP contribution in [-0.2, 0) is 6.54 Å². The van der Waals surface area contributed by atoms with Gasteiger partial charge in [-0.15, -0.1) is 0 Å². The van der Waals surface area contributed by atoms with Crippen molar-refractivity contribution in [3.8, 4) is 5.75 Å². The second-order valence-electron chi connectivity index (χ2n) is 9.05. The monoisotopic (exact) mass is 310 g/mol. The topological polar surface area (TPSA) is 24.7 Å². The van der Waals surface area contributed by atoms with E-state index in [0.29, 0.717) is 16.6 Å². The molecule has 2 nitrogen and oxygen atoms in total. The SMILES string of the molecule is CC1(C)C[C@H]2C[C@](C)(C[NH+]2Cc2c(O)ccc3ccccc23)C1. The van der Waals surface area contributed by atoms with Crippen molar-refractivity contribution in [2.75, 3.05) is 6.54 Å². The van der Waals surface area contributed by atoms with Gasteiger partial charge < -0.3 is 10.0 Å². The van der Waals surface area contributed by atoms with Crippen LogP contribution in [-0.4, -0.2) is 17.7 Å². The Morgan fingerprint density at radius 3 is 2.70 bits per heavy atom. The summed E-state index contributed by atoms with van der Waals surface area (Å²) in [5.74, 6) is 0.460. The third-order valence-electron chi connectivity index (χ3n) is 6.09. The number of quaternary nitrogens is 1. The van der Waals surface area contributed by atoms with Crippen LogP contribution >= 0.6 is 0 Å². The van der Waals surface area contributed by atoms with E-state index in [1.807, 2.05) is 12.1 Å². The fourth-order valence-corrected chi connectivity index (χ4v) is 5.69. The normalized spacial score (nSPS) is 32.3. The van der Waals surface area contributed by atoms with Gasteiger partial charge in [-0.2, -0.15) is 0 Å². The zero-order valence-electron chi connectivity index (χ0n) is 14.5. The Hall–Kier alpha value is -1.54. The molecule has 1 heterocycles. The molecule has 1 saturated carbocycles. The summed E-state index contributed by atoms with van der Waals surface area (Å²) in [6.45, 7) is 9.51. The number of phenolic OH excluding ortho intramolecular Hbond substituents is 1. The summed E-state index contributed by atoms with van der Waals surface area (Å²) < 4.78 is 0. The second kappa shape index (κ2) is 4.98. The van der Waals surface area contributed by atoms with E-state index >= 15 is 0 Å². The zero-order valence-corrected chi connectivity index (χ0v) is 14.5. The first-order chi connectivity index (χ1) is 10.9. The third-order valence-corrected chi connectivity index (χ3v) is 6.09. The maximum absolute atomic E-state index is 10.5. The van der Waals surface area contributed by atoms with Crippen molar-refractivity contribution in [1.82, 2.24) is 0 Å². The molecule has 3 atom stereocenters. The van der Waals surface area contributed by atoms with Crippen molar-refractivity contribution in [3.63, 3.8) is 0 Å². The molecule has 23 heavy (non-hydrogen) atoms. The molecule has 2 bridgehead atoms. The van der Waals surface area contributed by atoms with Crippen molar-refractivity contribution in [1.29, 1.82) is 0 Å². The molecule has 2 aromatic rings. The molecule has 1 saturated heterocycles. The maximum atomic E-state index is 10.5. The number of phenols is 1. The minimum absolute atomic E-state index is 0.459. The molecule has 2 N–H and O–H groups in total. The van der Waals surface area contributed by atoms with E-state index in [1.165, 1.54) is 36.6 Å². The van der Waals surface area contributed by atoms with Crippen molar-refractivity contribution in [2.45, 2.75) is 52.6 Å². The highest BCUT2D eigenvalue weighted by atomic mass is 16.3. The van der Waals surface area contributed by atoms with Crippen LogP contribution in [0.2, 0.25) is 0 Å². The molecule has 0 aromatic heterocycles. The second-order valence-corrected chi connectivity index (χ2v) is 9.05. The number of likely N-dealkylation sites (tertiary alicyclic amines) is 1. The average Bonchev–Trinajstić information content (AvgIpc) is 2.70. The summed E-state index contributed by atoms with van der Waals surface area (Å²) in [4.78, 5) is 1.67. The molecule has 0 amide bonds. The number of rotatable bonds is 2. The predicted octanol–water partition coefficient (Wildman–Crippen LogP) is 3.53. The Balaban J connectivity index is 1.68. The molecule has 1 unspecified atom stereocenters. The summed E-state index contributed by atoms with van der Waals surface area (Å²) in [6, 6.07) is 13.1. The van der Waals surface area contributed by atoms with Gasteiger partial charge in [0.25, 0.3) is 0 Å². The van der Waals surface area contributed by atoms with Gasteiger partial charge in [0.15, 0.2) is 0 Å². The van der Waals surface area contributed by atoms with Gasteiger partial charge in [0.1, 0.15) is 12.3 Å². The highest BCUT2D eigenvalue weighted by Gasteiger charge is 2.52. The van der Waals surface area contributed by atoms with E-state index < -0.39 is 0 Å². The highest BCUT2D eigenvalue weighted by molar-refractivity contribution is 5.87. The van der Waals surface area contributed by atoms with Crippen LogP contribution in [0.3, 0.4) is 0 Å². The lowest BCUT2D eigenvalue weighted by Gasteiger charge is -2.37. The van der Waals surface area contributed by atoms with E-state index in [9.17, 15) is 5.11 Å². The summed E-state index contributed by atoms with van der Waals surface area (Å²) in [5.41, 5.74) is 2.06. The van der Waals surface area contributed by atoms with Gasteiger partial charge in [-0.3, -0.25) is 0 Å². The maximum Gasteiger partial charge on any atom is 0.125 e. The van der Waals surface area contributed by atoms with Gasteiger partial charge in [-0.1, -0.05) is 51.1 Å². The molecule has 4 rings (SSSR count). The van der Waals surface area contributed by atoms with E-state index in [-0.39, 0.29) is 0 Å². The lowest BCUT2D eigenvalue weighted by atomic mass is 9.65. The number of hydrogen-bond donors (Lipinski definition) is 2. The van der Waals surface area contributed by atoms with Gasteiger partial charge in [-0.25, -0.2) is 0 Å². The van der Waals surface area contributed by atoms with Crippen LogP contribution in [0.25, 0.3) is 10.8 Å². The molecule has 1 aliphatic heterocycles. The molecule has 2 aromatic carbocycles. The first-order valence-electron chi connectivity index (χ1n) is 8.90. The lowest BCUT2D eigenvalue weighted by molar-refractivity contribution is -0.928. The standard InChI is InChI=1S/C21H27NO/c1-20(2)10-16-11-21(3,13-20)14-22(16)12-18-17-7-5-4-6-15(17)8-9-19(18)23/h4-9,16,23H,10-14H2,1-3H3/p+1/t16-,21-/m0/s1. The first-order valence-corrected chi connectivity index (χ1v) is 8.90. The van der Waals surface area contributed by atoms with E-state index in [1.54, 1.807) is 4.90 Å². The average molecular weight is 310 g/mol. The number of fused-ring (bicyclic) bond motifs is 3. The Labute approximate surface area is 139 Å². The van der Waals surface area contributed by atoms with Crippen molar-refractivity contribution in [3.05, 3.63) is 42.0 Å². The smallest absolute Gasteiger partial charge is 0.125 e. The molecular weight excluding hydrogens is 282 g/mol. The number of benzene rings is 2. The summed E-state index contributed by atoms with van der Waals surface area (Å²) in [7, 11) is 0. The fraction of sp³-hybridized carbons (Fsp3) is 0.524. The minimum Gasteiger partial charge on any atom is -0.507 e. The van der Waals surface area contributed by atoms with Crippen LogP contribution in [0.4, 0.5) is 0 Å². The van der Waals surface area contributed by atoms with Gasteiger partial charge in [0.2, 0.25) is 0 Å². The van der Waals surface area contributed by atoms with Crippen LogP contribution < -0.4 is 4.90 Å². The van der Waals surface area contributed by atoms with Crippen molar-refractivity contribution >= 4 is 10.8 Å². The Bertz CT molecular complexity index is 751. The van der Waals surface area contributed by atoms with Crippen LogP contribution in [0.15, 0.2) is 36.4 Å². The van der Waals surface area contributed by atoms with Gasteiger partial charge in [-0.05, 0) is 28.7 Å². The summed E-state index contributed by atoms with van der Waals surface area (Å²) in [6.07, 6.45) is 3.99. The van der Waals surface area contributed by atoms with Gasteiger partial charge in [0, 0.05) is 18.3 Å². The minimum atomic E-state index is 0.459. The number of hydrogen-bond acceptors (Lipinski definition) is 1. The molecule has 2 fully saturated rings. The first kappa shape index (κ1) is 15.0. The Kier molecular flexibility index (Phi) is 3.25. The summed E-state index contributed by atoms with van der Waals surface area (Å²) >= 11 is 0. The molecule has 2 heteroatoms. The summed E-state index contributed by atoms with van der Waals surface area (Å²) in [5, 5.41) is 12.9. The quantitative estimate of drug-likeness (QED) is 0.871. The van der Waals surface area contributed by atoms with Crippen LogP contribution in [0, 0.1) is 10.8 Å². The highest BCUT2D eigenvalue weighted by Crippen LogP contribution is 2.47. The van der Waals surface area contributed by atoms with Gasteiger partial charge >= 0.3 is 0 Å². The lowest BCUT2D eigenvalue weighted by Crippen LogP contribution is -3.12.